The third-order valence-corrected chi connectivity index (χ3v) is 1.86. The molecule has 1 aromatic rings. The van der Waals surface area contributed by atoms with Crippen molar-refractivity contribution in [3.63, 3.8) is 0 Å². The standard InChI is InChI=1S/C10H10N2O2/c1-7-8(5-11-2)4-9(6-12-7)10(13)14-3/h4,6H,5H2,1,3H3. The van der Waals surface area contributed by atoms with Crippen molar-refractivity contribution in [3.05, 3.63) is 40.5 Å². The summed E-state index contributed by atoms with van der Waals surface area (Å²) < 4.78 is 4.55. The lowest BCUT2D eigenvalue weighted by Gasteiger charge is -2.01. The molecule has 0 aromatic carbocycles. The first-order chi connectivity index (χ1) is 6.69. The summed E-state index contributed by atoms with van der Waals surface area (Å²) in [5.41, 5.74) is 1.92. The largest absolute Gasteiger partial charge is 0.465 e. The van der Waals surface area contributed by atoms with Gasteiger partial charge in [-0.3, -0.25) is 4.98 Å². The molecule has 0 N–H and O–H groups in total. The lowest BCUT2D eigenvalue weighted by Crippen LogP contribution is -2.04. The van der Waals surface area contributed by atoms with Gasteiger partial charge >= 0.3 is 5.97 Å². The minimum atomic E-state index is -0.427. The first-order valence-corrected chi connectivity index (χ1v) is 4.06. The zero-order valence-electron chi connectivity index (χ0n) is 8.07. The Morgan fingerprint density at radius 1 is 1.71 bits per heavy atom. The molecule has 4 heteroatoms. The maximum Gasteiger partial charge on any atom is 0.339 e. The van der Waals surface area contributed by atoms with Crippen LogP contribution < -0.4 is 0 Å². The normalized spacial score (nSPS) is 9.21. The van der Waals surface area contributed by atoms with Gasteiger partial charge < -0.3 is 9.58 Å². The molecule has 1 rings (SSSR count). The summed E-state index contributed by atoms with van der Waals surface area (Å²) >= 11 is 0. The van der Waals surface area contributed by atoms with Crippen LogP contribution in [0.5, 0.6) is 0 Å². The zero-order valence-corrected chi connectivity index (χ0v) is 8.07. The number of rotatable bonds is 2. The van der Waals surface area contributed by atoms with E-state index in [4.69, 9.17) is 6.57 Å². The number of hydrogen-bond acceptors (Lipinski definition) is 3. The molecule has 0 radical (unpaired) electrons. The quantitative estimate of drug-likeness (QED) is 0.525. The van der Waals surface area contributed by atoms with Crippen molar-refractivity contribution >= 4 is 5.97 Å². The second-order valence-corrected chi connectivity index (χ2v) is 2.78. The smallest absolute Gasteiger partial charge is 0.339 e. The van der Waals surface area contributed by atoms with E-state index in [1.807, 2.05) is 6.92 Å². The topological polar surface area (TPSA) is 43.5 Å². The van der Waals surface area contributed by atoms with E-state index in [-0.39, 0.29) is 6.54 Å². The van der Waals surface area contributed by atoms with Gasteiger partial charge in [-0.1, -0.05) is 0 Å². The van der Waals surface area contributed by atoms with E-state index in [0.29, 0.717) is 5.56 Å². The van der Waals surface area contributed by atoms with Crippen molar-refractivity contribution in [1.82, 2.24) is 4.98 Å². The number of aromatic nitrogens is 1. The van der Waals surface area contributed by atoms with E-state index in [1.165, 1.54) is 13.3 Å². The molecule has 0 saturated carbocycles. The van der Waals surface area contributed by atoms with Crippen LogP contribution in [0.4, 0.5) is 0 Å². The molecule has 72 valence electrons. The molecular formula is C10H10N2O2. The molecule has 0 aliphatic carbocycles. The van der Waals surface area contributed by atoms with Crippen molar-refractivity contribution in [3.8, 4) is 0 Å². The lowest BCUT2D eigenvalue weighted by molar-refractivity contribution is 0.0600. The number of ether oxygens (including phenoxy) is 1. The molecular weight excluding hydrogens is 180 g/mol. The third-order valence-electron chi connectivity index (χ3n) is 1.86. The van der Waals surface area contributed by atoms with Gasteiger partial charge in [-0.15, -0.1) is 0 Å². The summed E-state index contributed by atoms with van der Waals surface area (Å²) in [5, 5.41) is 0. The maximum absolute atomic E-state index is 11.1. The molecule has 4 nitrogen and oxygen atoms in total. The number of hydrogen-bond donors (Lipinski definition) is 0. The Bertz CT molecular complexity index is 394. The molecule has 14 heavy (non-hydrogen) atoms. The van der Waals surface area contributed by atoms with E-state index >= 15 is 0 Å². The average molecular weight is 190 g/mol. The van der Waals surface area contributed by atoms with Crippen molar-refractivity contribution in [2.75, 3.05) is 7.11 Å². The SMILES string of the molecule is [C-]#[N+]Cc1cc(C(=O)OC)cnc1C. The van der Waals surface area contributed by atoms with Crippen molar-refractivity contribution in [2.45, 2.75) is 13.5 Å². The summed E-state index contributed by atoms with van der Waals surface area (Å²) in [4.78, 5) is 18.4. The number of carbonyl (C=O) groups excluding carboxylic acids is 1. The Labute approximate surface area is 82.4 Å². The lowest BCUT2D eigenvalue weighted by atomic mass is 10.1. The molecule has 0 spiro atoms. The number of methoxy groups -OCH3 is 1. The van der Waals surface area contributed by atoms with Gasteiger partial charge in [-0.05, 0) is 13.0 Å². The molecule has 0 amide bonds. The summed E-state index contributed by atoms with van der Waals surface area (Å²) in [5.74, 6) is -0.427. The highest BCUT2D eigenvalue weighted by Gasteiger charge is 2.09. The van der Waals surface area contributed by atoms with E-state index in [1.54, 1.807) is 6.07 Å². The van der Waals surface area contributed by atoms with Gasteiger partial charge in [0.05, 0.1) is 18.2 Å². The van der Waals surface area contributed by atoms with Crippen LogP contribution in [-0.2, 0) is 11.3 Å². The number of pyridine rings is 1. The summed E-state index contributed by atoms with van der Waals surface area (Å²) in [6.07, 6.45) is 1.45. The Morgan fingerprint density at radius 2 is 2.43 bits per heavy atom. The van der Waals surface area contributed by atoms with Gasteiger partial charge in [0.2, 0.25) is 6.54 Å². The average Bonchev–Trinajstić information content (AvgIpc) is 2.20. The Kier molecular flexibility index (Phi) is 3.19. The Morgan fingerprint density at radius 3 is 3.00 bits per heavy atom. The molecule has 0 fully saturated rings. The molecule has 0 saturated heterocycles. The second kappa shape index (κ2) is 4.38. The van der Waals surface area contributed by atoms with Gasteiger partial charge in [0.1, 0.15) is 0 Å². The predicted molar refractivity (Wildman–Crippen MR) is 50.6 cm³/mol. The van der Waals surface area contributed by atoms with E-state index in [2.05, 4.69) is 14.6 Å². The van der Waals surface area contributed by atoms with Gasteiger partial charge in [-0.25, -0.2) is 11.4 Å². The molecule has 1 aromatic heterocycles. The summed E-state index contributed by atoms with van der Waals surface area (Å²) in [6, 6.07) is 1.65. The van der Waals surface area contributed by atoms with Crippen LogP contribution in [0.3, 0.4) is 0 Å². The van der Waals surface area contributed by atoms with Gasteiger partial charge in [0.15, 0.2) is 0 Å². The van der Waals surface area contributed by atoms with E-state index < -0.39 is 5.97 Å². The minimum absolute atomic E-state index is 0.240. The number of carbonyl (C=O) groups is 1. The fourth-order valence-electron chi connectivity index (χ4n) is 1.05. The highest BCUT2D eigenvalue weighted by molar-refractivity contribution is 5.89. The molecule has 0 bridgehead atoms. The fraction of sp³-hybridized carbons (Fsp3) is 0.300. The zero-order chi connectivity index (χ0) is 10.6. The molecule has 0 aliphatic rings. The number of esters is 1. The maximum atomic E-state index is 11.1. The van der Waals surface area contributed by atoms with Gasteiger partial charge in [0, 0.05) is 11.9 Å². The Balaban J connectivity index is 3.07. The Hall–Kier alpha value is -1.89. The summed E-state index contributed by atoms with van der Waals surface area (Å²) in [6.45, 7) is 8.79. The number of nitrogens with zero attached hydrogens (tertiary/aromatic N) is 2. The fourth-order valence-corrected chi connectivity index (χ4v) is 1.05. The van der Waals surface area contributed by atoms with Crippen LogP contribution >= 0.6 is 0 Å². The second-order valence-electron chi connectivity index (χ2n) is 2.78. The van der Waals surface area contributed by atoms with Crippen molar-refractivity contribution < 1.29 is 9.53 Å². The molecule has 0 unspecified atom stereocenters. The summed E-state index contributed by atoms with van der Waals surface area (Å²) in [7, 11) is 1.32. The van der Waals surface area contributed by atoms with Crippen LogP contribution in [0.15, 0.2) is 12.3 Å². The molecule has 0 aliphatic heterocycles. The molecule has 0 atom stereocenters. The van der Waals surface area contributed by atoms with Gasteiger partial charge in [0.25, 0.3) is 0 Å². The van der Waals surface area contributed by atoms with E-state index in [0.717, 1.165) is 11.3 Å². The molecule has 1 heterocycles. The van der Waals surface area contributed by atoms with Crippen LogP contribution in [-0.4, -0.2) is 18.1 Å². The monoisotopic (exact) mass is 190 g/mol. The van der Waals surface area contributed by atoms with Crippen LogP contribution in [0, 0.1) is 13.5 Å². The minimum Gasteiger partial charge on any atom is -0.465 e. The predicted octanol–water partition coefficient (Wildman–Crippen LogP) is 1.60. The highest BCUT2D eigenvalue weighted by Crippen LogP contribution is 2.10. The van der Waals surface area contributed by atoms with Gasteiger partial charge in [-0.2, -0.15) is 0 Å². The third kappa shape index (κ3) is 2.07. The van der Waals surface area contributed by atoms with Crippen LogP contribution in [0.2, 0.25) is 0 Å². The van der Waals surface area contributed by atoms with E-state index in [9.17, 15) is 4.79 Å². The first-order valence-electron chi connectivity index (χ1n) is 4.06. The van der Waals surface area contributed by atoms with Crippen LogP contribution in [0.1, 0.15) is 21.6 Å². The van der Waals surface area contributed by atoms with Crippen molar-refractivity contribution in [1.29, 1.82) is 0 Å². The van der Waals surface area contributed by atoms with Crippen LogP contribution in [0.25, 0.3) is 4.85 Å². The van der Waals surface area contributed by atoms with Crippen molar-refractivity contribution in [2.24, 2.45) is 0 Å². The first kappa shape index (κ1) is 10.2. The highest BCUT2D eigenvalue weighted by atomic mass is 16.5. The number of aryl methyl sites for hydroxylation is 1.